The Morgan fingerprint density at radius 3 is 2.74 bits per heavy atom. The highest BCUT2D eigenvalue weighted by molar-refractivity contribution is 5.76. The number of aromatic nitrogens is 3. The van der Waals surface area contributed by atoms with E-state index in [1.165, 1.54) is 0 Å². The standard InChI is InChI=1S/C14H19N3O2/c1-9(2)12(18-4)8-19-13-7-16-14-10(3)15-6-5-11(14)17-13/h5-7,9,12H,8H2,1-4H3. The van der Waals surface area contributed by atoms with Crippen LogP contribution in [-0.2, 0) is 4.74 Å². The molecule has 2 aromatic rings. The van der Waals surface area contributed by atoms with Gasteiger partial charge in [-0.1, -0.05) is 13.8 Å². The molecule has 2 heterocycles. The van der Waals surface area contributed by atoms with Crippen LogP contribution in [0.2, 0.25) is 0 Å². The molecule has 0 amide bonds. The molecule has 1 unspecified atom stereocenters. The largest absolute Gasteiger partial charge is 0.474 e. The maximum absolute atomic E-state index is 5.65. The highest BCUT2D eigenvalue weighted by Gasteiger charge is 2.13. The SMILES string of the molecule is COC(COc1cnc2c(C)nccc2n1)C(C)C. The van der Waals surface area contributed by atoms with E-state index in [-0.39, 0.29) is 6.10 Å². The number of nitrogens with zero attached hydrogens (tertiary/aromatic N) is 3. The first-order chi connectivity index (χ1) is 9.11. The van der Waals surface area contributed by atoms with Crippen LogP contribution in [0.3, 0.4) is 0 Å². The maximum atomic E-state index is 5.65. The molecule has 102 valence electrons. The molecule has 0 aliphatic carbocycles. The molecule has 0 saturated carbocycles. The van der Waals surface area contributed by atoms with Crippen molar-refractivity contribution in [1.82, 2.24) is 15.0 Å². The van der Waals surface area contributed by atoms with Gasteiger partial charge in [-0.25, -0.2) is 9.97 Å². The topological polar surface area (TPSA) is 57.1 Å². The summed E-state index contributed by atoms with van der Waals surface area (Å²) in [5, 5.41) is 0. The second-order valence-electron chi connectivity index (χ2n) is 4.80. The molecule has 0 aliphatic rings. The summed E-state index contributed by atoms with van der Waals surface area (Å²) in [7, 11) is 1.69. The highest BCUT2D eigenvalue weighted by atomic mass is 16.5. The lowest BCUT2D eigenvalue weighted by Gasteiger charge is -2.19. The van der Waals surface area contributed by atoms with Crippen LogP contribution >= 0.6 is 0 Å². The fourth-order valence-electron chi connectivity index (χ4n) is 1.83. The normalized spacial score (nSPS) is 12.9. The lowest BCUT2D eigenvalue weighted by molar-refractivity contribution is 0.0249. The summed E-state index contributed by atoms with van der Waals surface area (Å²) >= 11 is 0. The van der Waals surface area contributed by atoms with Crippen molar-refractivity contribution >= 4 is 11.0 Å². The van der Waals surface area contributed by atoms with E-state index in [1.807, 2.05) is 13.0 Å². The van der Waals surface area contributed by atoms with Crippen molar-refractivity contribution in [3.63, 3.8) is 0 Å². The summed E-state index contributed by atoms with van der Waals surface area (Å²) in [6, 6.07) is 1.83. The Kier molecular flexibility index (Phi) is 4.27. The molecule has 0 bridgehead atoms. The number of ether oxygens (including phenoxy) is 2. The van der Waals surface area contributed by atoms with Crippen LogP contribution in [-0.4, -0.2) is 34.8 Å². The molecule has 0 fully saturated rings. The molecule has 0 spiro atoms. The summed E-state index contributed by atoms with van der Waals surface area (Å²) in [5.41, 5.74) is 2.47. The van der Waals surface area contributed by atoms with Crippen molar-refractivity contribution in [3.8, 4) is 5.88 Å². The number of rotatable bonds is 5. The molecular formula is C14H19N3O2. The number of pyridine rings is 1. The molecule has 0 radical (unpaired) electrons. The van der Waals surface area contributed by atoms with E-state index in [9.17, 15) is 0 Å². The second kappa shape index (κ2) is 5.93. The van der Waals surface area contributed by atoms with E-state index in [2.05, 4.69) is 28.8 Å². The summed E-state index contributed by atoms with van der Waals surface area (Å²) < 4.78 is 11.0. The van der Waals surface area contributed by atoms with E-state index in [1.54, 1.807) is 19.5 Å². The third-order valence-corrected chi connectivity index (χ3v) is 3.06. The third kappa shape index (κ3) is 3.17. The van der Waals surface area contributed by atoms with Gasteiger partial charge in [-0.3, -0.25) is 4.98 Å². The molecule has 0 aromatic carbocycles. The average Bonchev–Trinajstić information content (AvgIpc) is 2.39. The van der Waals surface area contributed by atoms with Gasteiger partial charge in [-0.15, -0.1) is 0 Å². The fraction of sp³-hybridized carbons (Fsp3) is 0.500. The minimum absolute atomic E-state index is 0.0525. The average molecular weight is 261 g/mol. The van der Waals surface area contributed by atoms with Crippen molar-refractivity contribution in [1.29, 1.82) is 0 Å². The molecule has 2 aromatic heterocycles. The summed E-state index contributed by atoms with van der Waals surface area (Å²) in [6.45, 7) is 6.58. The predicted octanol–water partition coefficient (Wildman–Crippen LogP) is 2.38. The zero-order valence-electron chi connectivity index (χ0n) is 11.8. The quantitative estimate of drug-likeness (QED) is 0.827. The first-order valence-corrected chi connectivity index (χ1v) is 6.35. The van der Waals surface area contributed by atoms with Crippen LogP contribution in [0.4, 0.5) is 0 Å². The summed E-state index contributed by atoms with van der Waals surface area (Å²) in [6.07, 6.45) is 3.41. The smallest absolute Gasteiger partial charge is 0.232 e. The first-order valence-electron chi connectivity index (χ1n) is 6.35. The monoisotopic (exact) mass is 261 g/mol. The molecule has 0 aliphatic heterocycles. The van der Waals surface area contributed by atoms with Gasteiger partial charge in [0.15, 0.2) is 0 Å². The summed E-state index contributed by atoms with van der Waals surface area (Å²) in [5.74, 6) is 0.908. The Labute approximate surface area is 113 Å². The Morgan fingerprint density at radius 1 is 1.26 bits per heavy atom. The molecule has 0 saturated heterocycles. The zero-order valence-corrected chi connectivity index (χ0v) is 11.8. The molecule has 5 heteroatoms. The Balaban J connectivity index is 2.14. The van der Waals surface area contributed by atoms with Gasteiger partial charge >= 0.3 is 0 Å². The third-order valence-electron chi connectivity index (χ3n) is 3.06. The van der Waals surface area contributed by atoms with E-state index >= 15 is 0 Å². The number of methoxy groups -OCH3 is 1. The number of fused-ring (bicyclic) bond motifs is 1. The maximum Gasteiger partial charge on any atom is 0.232 e. The molecule has 0 N–H and O–H groups in total. The Bertz CT molecular complexity index is 557. The fourth-order valence-corrected chi connectivity index (χ4v) is 1.83. The van der Waals surface area contributed by atoms with Gasteiger partial charge in [0, 0.05) is 13.3 Å². The van der Waals surface area contributed by atoms with Crippen LogP contribution in [0.15, 0.2) is 18.5 Å². The van der Waals surface area contributed by atoms with Gasteiger partial charge in [0.05, 0.1) is 23.5 Å². The van der Waals surface area contributed by atoms with Crippen LogP contribution in [0.25, 0.3) is 11.0 Å². The van der Waals surface area contributed by atoms with Gasteiger partial charge in [0.25, 0.3) is 0 Å². The molecular weight excluding hydrogens is 242 g/mol. The first kappa shape index (κ1) is 13.7. The minimum atomic E-state index is 0.0525. The van der Waals surface area contributed by atoms with Gasteiger partial charge in [-0.05, 0) is 18.9 Å². The van der Waals surface area contributed by atoms with Crippen molar-refractivity contribution in [2.75, 3.05) is 13.7 Å². The Morgan fingerprint density at radius 2 is 2.05 bits per heavy atom. The van der Waals surface area contributed by atoms with Gasteiger partial charge < -0.3 is 9.47 Å². The van der Waals surface area contributed by atoms with E-state index in [4.69, 9.17) is 9.47 Å². The number of hydrogen-bond donors (Lipinski definition) is 0. The number of hydrogen-bond acceptors (Lipinski definition) is 5. The van der Waals surface area contributed by atoms with Crippen LogP contribution in [0.1, 0.15) is 19.5 Å². The van der Waals surface area contributed by atoms with Crippen LogP contribution < -0.4 is 4.74 Å². The highest BCUT2D eigenvalue weighted by Crippen LogP contribution is 2.16. The molecule has 19 heavy (non-hydrogen) atoms. The lowest BCUT2D eigenvalue weighted by atomic mass is 10.1. The lowest BCUT2D eigenvalue weighted by Crippen LogP contribution is -2.26. The predicted molar refractivity (Wildman–Crippen MR) is 73.2 cm³/mol. The van der Waals surface area contributed by atoms with Crippen molar-refractivity contribution in [2.45, 2.75) is 26.9 Å². The van der Waals surface area contributed by atoms with Crippen molar-refractivity contribution in [2.24, 2.45) is 5.92 Å². The van der Waals surface area contributed by atoms with Gasteiger partial charge in [-0.2, -0.15) is 0 Å². The number of aryl methyl sites for hydroxylation is 1. The molecule has 2 rings (SSSR count). The van der Waals surface area contributed by atoms with Crippen molar-refractivity contribution < 1.29 is 9.47 Å². The van der Waals surface area contributed by atoms with Gasteiger partial charge in [0.1, 0.15) is 12.1 Å². The second-order valence-corrected chi connectivity index (χ2v) is 4.80. The van der Waals surface area contributed by atoms with Gasteiger partial charge in [0.2, 0.25) is 5.88 Å². The van der Waals surface area contributed by atoms with E-state index in [0.29, 0.717) is 18.4 Å². The van der Waals surface area contributed by atoms with Crippen LogP contribution in [0, 0.1) is 12.8 Å². The zero-order chi connectivity index (χ0) is 13.8. The van der Waals surface area contributed by atoms with Crippen molar-refractivity contribution in [3.05, 3.63) is 24.2 Å². The van der Waals surface area contributed by atoms with E-state index in [0.717, 1.165) is 16.7 Å². The molecule has 1 atom stereocenters. The molecule has 5 nitrogen and oxygen atoms in total. The van der Waals surface area contributed by atoms with Crippen LogP contribution in [0.5, 0.6) is 5.88 Å². The Hall–Kier alpha value is -1.75. The van der Waals surface area contributed by atoms with E-state index < -0.39 is 0 Å². The minimum Gasteiger partial charge on any atom is -0.474 e. The summed E-state index contributed by atoms with van der Waals surface area (Å²) in [4.78, 5) is 12.9.